The van der Waals surface area contributed by atoms with Gasteiger partial charge in [0, 0.05) is 25.1 Å². The smallest absolute Gasteiger partial charge is 0.131 e. The molecule has 1 aliphatic heterocycles. The average Bonchev–Trinajstić information content (AvgIpc) is 3.08. The highest BCUT2D eigenvalue weighted by atomic mass is 19.1. The summed E-state index contributed by atoms with van der Waals surface area (Å²) in [6.45, 7) is 5.19. The largest absolute Gasteiger partial charge is 0.383 e. The molecule has 2 N–H and O–H groups in total. The van der Waals surface area contributed by atoms with Crippen molar-refractivity contribution in [1.29, 1.82) is 0 Å². The molecule has 1 saturated heterocycles. The molecule has 1 fully saturated rings. The van der Waals surface area contributed by atoms with Gasteiger partial charge in [-0.2, -0.15) is 0 Å². The monoisotopic (exact) mass is 374 g/mol. The van der Waals surface area contributed by atoms with Crippen LogP contribution < -0.4 is 5.73 Å². The van der Waals surface area contributed by atoms with Gasteiger partial charge < -0.3 is 10.6 Å². The Morgan fingerprint density at radius 3 is 2.63 bits per heavy atom. The Bertz CT molecular complexity index is 635. The van der Waals surface area contributed by atoms with Crippen LogP contribution in [0.2, 0.25) is 0 Å². The summed E-state index contributed by atoms with van der Waals surface area (Å²) in [6, 6.07) is 0. The third-order valence-electron chi connectivity index (χ3n) is 5.88. The van der Waals surface area contributed by atoms with E-state index in [1.165, 1.54) is 31.3 Å². The topological polar surface area (TPSA) is 55.0 Å². The van der Waals surface area contributed by atoms with Crippen LogP contribution in [0.5, 0.6) is 0 Å². The normalized spacial score (nSPS) is 17.9. The van der Waals surface area contributed by atoms with Crippen LogP contribution >= 0.6 is 0 Å². The van der Waals surface area contributed by atoms with Crippen LogP contribution in [0.1, 0.15) is 81.8 Å². The number of nitrogens with zero attached hydrogens (tertiary/aromatic N) is 3. The van der Waals surface area contributed by atoms with Gasteiger partial charge in [-0.25, -0.2) is 14.4 Å². The molecule has 5 heteroatoms. The van der Waals surface area contributed by atoms with Crippen molar-refractivity contribution in [2.24, 2.45) is 0 Å². The number of aromatic nitrogens is 2. The Hall–Kier alpha value is -1.49. The molecule has 2 heterocycles. The van der Waals surface area contributed by atoms with E-state index in [9.17, 15) is 4.39 Å². The van der Waals surface area contributed by atoms with Gasteiger partial charge in [-0.15, -0.1) is 0 Å². The van der Waals surface area contributed by atoms with Crippen molar-refractivity contribution in [3.8, 4) is 0 Å². The van der Waals surface area contributed by atoms with E-state index in [0.717, 1.165) is 81.7 Å². The summed E-state index contributed by atoms with van der Waals surface area (Å²) in [5.41, 5.74) is 9.77. The van der Waals surface area contributed by atoms with E-state index in [-0.39, 0.29) is 0 Å². The van der Waals surface area contributed by atoms with Gasteiger partial charge in [0.15, 0.2) is 0 Å². The average molecular weight is 375 g/mol. The van der Waals surface area contributed by atoms with Crippen LogP contribution in [0.4, 0.5) is 10.2 Å². The molecule has 1 aromatic rings. The number of nitrogens with two attached hydrogens (primary N) is 1. The third kappa shape index (κ3) is 5.74. The second-order valence-corrected chi connectivity index (χ2v) is 8.07. The third-order valence-corrected chi connectivity index (χ3v) is 5.88. The molecule has 3 rings (SSSR count). The summed E-state index contributed by atoms with van der Waals surface area (Å²) >= 11 is 0. The minimum absolute atomic E-state index is 0.566. The van der Waals surface area contributed by atoms with Crippen molar-refractivity contribution in [3.05, 3.63) is 23.2 Å². The number of hydrogen-bond donors (Lipinski definition) is 1. The van der Waals surface area contributed by atoms with Gasteiger partial charge in [0.05, 0.1) is 5.69 Å². The molecule has 0 radical (unpaired) electrons. The van der Waals surface area contributed by atoms with E-state index in [2.05, 4.69) is 22.9 Å². The number of aryl methyl sites for hydroxylation is 1. The second kappa shape index (κ2) is 10.2. The van der Waals surface area contributed by atoms with Crippen LogP contribution in [-0.4, -0.2) is 40.7 Å². The van der Waals surface area contributed by atoms with Crippen LogP contribution in [0.15, 0.2) is 6.08 Å². The predicted octanol–water partition coefficient (Wildman–Crippen LogP) is 4.73. The molecule has 0 amide bonds. The highest BCUT2D eigenvalue weighted by molar-refractivity contribution is 5.73. The number of alkyl halides is 1. The zero-order valence-corrected chi connectivity index (χ0v) is 16.9. The number of halogens is 1. The number of unbranched alkanes of at least 4 members (excludes halogenated alkanes) is 4. The summed E-state index contributed by atoms with van der Waals surface area (Å²) in [5.74, 6) is 1.58. The molecule has 4 nitrogen and oxygen atoms in total. The van der Waals surface area contributed by atoms with Crippen LogP contribution in [-0.2, 0) is 12.8 Å². The lowest BCUT2D eigenvalue weighted by Gasteiger charge is -2.28. The van der Waals surface area contributed by atoms with Crippen molar-refractivity contribution < 1.29 is 4.39 Å². The highest BCUT2D eigenvalue weighted by Crippen LogP contribution is 2.32. The second-order valence-electron chi connectivity index (χ2n) is 8.07. The maximum Gasteiger partial charge on any atom is 0.131 e. The maximum atomic E-state index is 13.2. The van der Waals surface area contributed by atoms with E-state index < -0.39 is 6.17 Å². The number of rotatable bonds is 10. The first kappa shape index (κ1) is 20.2. The standard InChI is InChI=1S/C22H35FN4/c1-2-3-9-20-25-21-17(10-11-19(21)22(24)26-20)8-6-4-5-7-14-27-15-12-18(23)13-16-27/h10,18H,2-9,11-16H2,1H3,(H2,24,25,26). The Balaban J connectivity index is 1.38. The molecule has 2 aliphatic rings. The zero-order chi connectivity index (χ0) is 19.1. The van der Waals surface area contributed by atoms with Crippen LogP contribution in [0, 0.1) is 0 Å². The fourth-order valence-corrected chi connectivity index (χ4v) is 4.13. The Morgan fingerprint density at radius 1 is 1.07 bits per heavy atom. The molecule has 27 heavy (non-hydrogen) atoms. The first-order valence-corrected chi connectivity index (χ1v) is 10.9. The molecule has 0 aromatic carbocycles. The molecule has 0 bridgehead atoms. The number of allylic oxidation sites excluding steroid dienone is 2. The van der Waals surface area contributed by atoms with E-state index >= 15 is 0 Å². The molecule has 1 aromatic heterocycles. The van der Waals surface area contributed by atoms with Crippen molar-refractivity contribution in [2.75, 3.05) is 25.4 Å². The molecule has 0 atom stereocenters. The summed E-state index contributed by atoms with van der Waals surface area (Å²) in [7, 11) is 0. The van der Waals surface area contributed by atoms with E-state index in [1.807, 2.05) is 0 Å². The van der Waals surface area contributed by atoms with E-state index in [0.29, 0.717) is 5.82 Å². The fraction of sp³-hybridized carbons (Fsp3) is 0.727. The molecule has 1 aliphatic carbocycles. The number of likely N-dealkylation sites (tertiary alicyclic amines) is 1. The SMILES string of the molecule is CCCCc1nc(N)c2c(n1)C(CCCCCCN1CCC(F)CC1)=CC2. The molecule has 0 unspecified atom stereocenters. The van der Waals surface area contributed by atoms with Crippen LogP contribution in [0.3, 0.4) is 0 Å². The Morgan fingerprint density at radius 2 is 1.85 bits per heavy atom. The van der Waals surface area contributed by atoms with Crippen molar-refractivity contribution in [1.82, 2.24) is 14.9 Å². The minimum Gasteiger partial charge on any atom is -0.383 e. The molecular formula is C22H35FN4. The molecule has 0 spiro atoms. The molecule has 0 saturated carbocycles. The van der Waals surface area contributed by atoms with Crippen molar-refractivity contribution in [3.63, 3.8) is 0 Å². The zero-order valence-electron chi connectivity index (χ0n) is 16.9. The number of hydrogen-bond acceptors (Lipinski definition) is 4. The summed E-state index contributed by atoms with van der Waals surface area (Å²) in [6.07, 6.45) is 13.2. The lowest BCUT2D eigenvalue weighted by atomic mass is 10.0. The Labute approximate surface area is 163 Å². The van der Waals surface area contributed by atoms with Gasteiger partial charge >= 0.3 is 0 Å². The fourth-order valence-electron chi connectivity index (χ4n) is 4.13. The number of nitrogen functional groups attached to an aromatic ring is 1. The first-order valence-electron chi connectivity index (χ1n) is 10.9. The summed E-state index contributed by atoms with van der Waals surface area (Å²) < 4.78 is 13.2. The number of anilines is 1. The van der Waals surface area contributed by atoms with Gasteiger partial charge in [0.2, 0.25) is 0 Å². The highest BCUT2D eigenvalue weighted by Gasteiger charge is 2.20. The van der Waals surface area contributed by atoms with E-state index in [4.69, 9.17) is 10.7 Å². The van der Waals surface area contributed by atoms with Crippen LogP contribution in [0.25, 0.3) is 5.57 Å². The lowest BCUT2D eigenvalue weighted by Crippen LogP contribution is -2.35. The number of piperidine rings is 1. The van der Waals surface area contributed by atoms with Gasteiger partial charge in [0.25, 0.3) is 0 Å². The predicted molar refractivity (Wildman–Crippen MR) is 110 cm³/mol. The maximum absolute atomic E-state index is 13.2. The van der Waals surface area contributed by atoms with Gasteiger partial charge in [-0.05, 0) is 57.1 Å². The van der Waals surface area contributed by atoms with E-state index in [1.54, 1.807) is 0 Å². The minimum atomic E-state index is -0.566. The molecule has 150 valence electrons. The van der Waals surface area contributed by atoms with Crippen molar-refractivity contribution in [2.45, 2.75) is 83.7 Å². The van der Waals surface area contributed by atoms with Gasteiger partial charge in [0.1, 0.15) is 17.8 Å². The lowest BCUT2D eigenvalue weighted by molar-refractivity contribution is 0.149. The summed E-state index contributed by atoms with van der Waals surface area (Å²) in [5, 5.41) is 0. The number of fused-ring (bicyclic) bond motifs is 1. The van der Waals surface area contributed by atoms with Crippen molar-refractivity contribution >= 4 is 11.4 Å². The Kier molecular flexibility index (Phi) is 7.62. The van der Waals surface area contributed by atoms with Gasteiger partial charge in [-0.3, -0.25) is 0 Å². The van der Waals surface area contributed by atoms with Gasteiger partial charge in [-0.1, -0.05) is 32.3 Å². The quantitative estimate of drug-likeness (QED) is 0.602. The molecular weight excluding hydrogens is 339 g/mol. The first-order chi connectivity index (χ1) is 13.2. The summed E-state index contributed by atoms with van der Waals surface area (Å²) in [4.78, 5) is 11.7.